The molecule has 1 aromatic rings. The quantitative estimate of drug-likeness (QED) is 0.812. The molecule has 22 heavy (non-hydrogen) atoms. The number of hydrogen-bond acceptors (Lipinski definition) is 3. The second-order valence-electron chi connectivity index (χ2n) is 6.50. The van der Waals surface area contributed by atoms with Crippen LogP contribution in [0.5, 0.6) is 0 Å². The zero-order valence-corrected chi connectivity index (χ0v) is 13.8. The Kier molecular flexibility index (Phi) is 6.40. The zero-order valence-electron chi connectivity index (χ0n) is 13.8. The molecule has 2 unspecified atom stereocenters. The molecule has 2 atom stereocenters. The molecule has 122 valence electrons. The number of nitrogens with two attached hydrogens (primary N) is 1. The number of carbonyl (C=O) groups excluding carboxylic acids is 1. The van der Waals surface area contributed by atoms with Crippen molar-refractivity contribution in [3.63, 3.8) is 0 Å². The van der Waals surface area contributed by atoms with Crippen LogP contribution in [0.3, 0.4) is 0 Å². The van der Waals surface area contributed by atoms with Crippen molar-refractivity contribution in [3.05, 3.63) is 35.4 Å². The Morgan fingerprint density at radius 3 is 2.77 bits per heavy atom. The summed E-state index contributed by atoms with van der Waals surface area (Å²) in [5.74, 6) is 0.517. The number of primary amides is 1. The third kappa shape index (κ3) is 4.82. The summed E-state index contributed by atoms with van der Waals surface area (Å²) in [5.41, 5.74) is 8.02. The van der Waals surface area contributed by atoms with Gasteiger partial charge in [0.2, 0.25) is 5.91 Å². The number of amides is 1. The van der Waals surface area contributed by atoms with Gasteiger partial charge in [-0.05, 0) is 42.9 Å². The molecule has 1 aromatic carbocycles. The number of piperidine rings is 1. The summed E-state index contributed by atoms with van der Waals surface area (Å²) in [6.07, 6.45) is 3.36. The molecule has 0 aromatic heterocycles. The number of carbonyl (C=O) groups is 1. The maximum absolute atomic E-state index is 11.3. The van der Waals surface area contributed by atoms with E-state index in [9.17, 15) is 4.79 Å². The van der Waals surface area contributed by atoms with Crippen molar-refractivity contribution in [2.24, 2.45) is 11.7 Å². The minimum atomic E-state index is -0.273. The number of rotatable bonds is 7. The highest BCUT2D eigenvalue weighted by Crippen LogP contribution is 2.19. The molecule has 1 heterocycles. The monoisotopic (exact) mass is 303 g/mol. The molecule has 0 saturated carbocycles. The van der Waals surface area contributed by atoms with Crippen molar-refractivity contribution in [1.29, 1.82) is 0 Å². The Labute approximate surface area is 134 Å². The van der Waals surface area contributed by atoms with Crippen LogP contribution in [0.25, 0.3) is 0 Å². The number of likely N-dealkylation sites (tertiary alicyclic amines) is 1. The lowest BCUT2D eigenvalue weighted by Gasteiger charge is -2.31. The summed E-state index contributed by atoms with van der Waals surface area (Å²) < 4.78 is 0. The van der Waals surface area contributed by atoms with Crippen LogP contribution >= 0.6 is 0 Å². The first-order chi connectivity index (χ1) is 10.6. The Bertz CT molecular complexity index is 489. The summed E-state index contributed by atoms with van der Waals surface area (Å²) in [6, 6.07) is 8.25. The second-order valence-corrected chi connectivity index (χ2v) is 6.50. The summed E-state index contributed by atoms with van der Waals surface area (Å²) in [5, 5.41) is 3.28. The molecule has 0 aliphatic carbocycles. The Balaban J connectivity index is 1.98. The van der Waals surface area contributed by atoms with Gasteiger partial charge in [-0.2, -0.15) is 0 Å². The molecule has 1 amide bonds. The Hall–Kier alpha value is -1.39. The highest BCUT2D eigenvalue weighted by molar-refractivity contribution is 5.79. The summed E-state index contributed by atoms with van der Waals surface area (Å²) in [4.78, 5) is 13.9. The van der Waals surface area contributed by atoms with E-state index >= 15 is 0 Å². The molecule has 4 heteroatoms. The third-order valence-electron chi connectivity index (χ3n) is 4.54. The van der Waals surface area contributed by atoms with Gasteiger partial charge in [-0.1, -0.05) is 38.1 Å². The molecule has 1 aliphatic heterocycles. The molecule has 1 fully saturated rings. The summed E-state index contributed by atoms with van der Waals surface area (Å²) >= 11 is 0. The highest BCUT2D eigenvalue weighted by atomic mass is 16.1. The second kappa shape index (κ2) is 8.30. The van der Waals surface area contributed by atoms with Crippen LogP contribution in [0, 0.1) is 5.92 Å². The van der Waals surface area contributed by atoms with E-state index in [4.69, 9.17) is 5.73 Å². The molecular formula is C18H29N3O. The van der Waals surface area contributed by atoms with Gasteiger partial charge in [-0.15, -0.1) is 0 Å². The fraction of sp³-hybridized carbons (Fsp3) is 0.611. The van der Waals surface area contributed by atoms with E-state index in [1.807, 2.05) is 6.92 Å². The molecular weight excluding hydrogens is 274 g/mol. The molecule has 0 bridgehead atoms. The number of nitrogens with zero attached hydrogens (tertiary/aromatic N) is 1. The van der Waals surface area contributed by atoms with Gasteiger partial charge < -0.3 is 11.1 Å². The van der Waals surface area contributed by atoms with E-state index < -0.39 is 0 Å². The van der Waals surface area contributed by atoms with Crippen molar-refractivity contribution in [3.8, 4) is 0 Å². The van der Waals surface area contributed by atoms with Gasteiger partial charge in [0, 0.05) is 19.6 Å². The van der Waals surface area contributed by atoms with Crippen LogP contribution in [-0.4, -0.2) is 29.9 Å². The average molecular weight is 303 g/mol. The first kappa shape index (κ1) is 17.0. The van der Waals surface area contributed by atoms with E-state index in [0.717, 1.165) is 18.9 Å². The van der Waals surface area contributed by atoms with Gasteiger partial charge in [0.1, 0.15) is 0 Å². The van der Waals surface area contributed by atoms with Gasteiger partial charge in [-0.3, -0.25) is 9.69 Å². The Morgan fingerprint density at radius 2 is 2.14 bits per heavy atom. The lowest BCUT2D eigenvalue weighted by Crippen LogP contribution is -2.40. The van der Waals surface area contributed by atoms with Crippen molar-refractivity contribution in [2.45, 2.75) is 52.2 Å². The van der Waals surface area contributed by atoms with E-state index in [0.29, 0.717) is 6.54 Å². The largest absolute Gasteiger partial charge is 0.368 e. The average Bonchev–Trinajstić information content (AvgIpc) is 2.49. The predicted molar refractivity (Wildman–Crippen MR) is 90.2 cm³/mol. The number of benzene rings is 1. The van der Waals surface area contributed by atoms with E-state index in [2.05, 4.69) is 41.4 Å². The topological polar surface area (TPSA) is 58.4 Å². The lowest BCUT2D eigenvalue weighted by atomic mass is 9.99. The maximum atomic E-state index is 11.3. The molecule has 4 nitrogen and oxygen atoms in total. The Morgan fingerprint density at radius 1 is 1.41 bits per heavy atom. The van der Waals surface area contributed by atoms with Crippen molar-refractivity contribution < 1.29 is 4.79 Å². The fourth-order valence-electron chi connectivity index (χ4n) is 3.23. The van der Waals surface area contributed by atoms with Crippen molar-refractivity contribution in [1.82, 2.24) is 10.2 Å². The van der Waals surface area contributed by atoms with E-state index in [1.54, 1.807) is 0 Å². The molecule has 2 rings (SSSR count). The molecule has 3 N–H and O–H groups in total. The normalized spacial score (nSPS) is 20.7. The summed E-state index contributed by atoms with van der Waals surface area (Å²) in [6.45, 7) is 8.37. The standard InChI is InChI=1S/C18H29N3O/c1-3-17(18(19)22)20-11-15-8-4-5-9-16(15)13-21-10-6-7-14(2)12-21/h4-5,8-9,14,17,20H,3,6-7,10-13H2,1-2H3,(H2,19,22). The first-order valence-electron chi connectivity index (χ1n) is 8.42. The number of nitrogens with one attached hydrogen (secondary N) is 1. The van der Waals surface area contributed by atoms with Gasteiger partial charge in [0.25, 0.3) is 0 Å². The predicted octanol–water partition coefficient (Wildman–Crippen LogP) is 2.27. The van der Waals surface area contributed by atoms with Crippen molar-refractivity contribution >= 4 is 5.91 Å². The third-order valence-corrected chi connectivity index (χ3v) is 4.54. The zero-order chi connectivity index (χ0) is 15.9. The van der Waals surface area contributed by atoms with Crippen LogP contribution in [0.1, 0.15) is 44.2 Å². The van der Waals surface area contributed by atoms with Crippen LogP contribution in [-0.2, 0) is 17.9 Å². The highest BCUT2D eigenvalue weighted by Gasteiger charge is 2.18. The smallest absolute Gasteiger partial charge is 0.234 e. The van der Waals surface area contributed by atoms with Gasteiger partial charge >= 0.3 is 0 Å². The fourth-order valence-corrected chi connectivity index (χ4v) is 3.23. The maximum Gasteiger partial charge on any atom is 0.234 e. The minimum Gasteiger partial charge on any atom is -0.368 e. The molecule has 1 aliphatic rings. The van der Waals surface area contributed by atoms with Crippen LogP contribution in [0.2, 0.25) is 0 Å². The molecule has 1 saturated heterocycles. The van der Waals surface area contributed by atoms with Gasteiger partial charge in [0.15, 0.2) is 0 Å². The number of hydrogen-bond donors (Lipinski definition) is 2. The van der Waals surface area contributed by atoms with Gasteiger partial charge in [0.05, 0.1) is 6.04 Å². The van der Waals surface area contributed by atoms with E-state index in [1.165, 1.54) is 37.1 Å². The van der Waals surface area contributed by atoms with Crippen LogP contribution in [0.15, 0.2) is 24.3 Å². The molecule has 0 spiro atoms. The van der Waals surface area contributed by atoms with Gasteiger partial charge in [-0.25, -0.2) is 0 Å². The van der Waals surface area contributed by atoms with Crippen LogP contribution < -0.4 is 11.1 Å². The first-order valence-corrected chi connectivity index (χ1v) is 8.42. The van der Waals surface area contributed by atoms with Crippen molar-refractivity contribution in [2.75, 3.05) is 13.1 Å². The molecule has 0 radical (unpaired) electrons. The minimum absolute atomic E-state index is 0.247. The van der Waals surface area contributed by atoms with Crippen LogP contribution in [0.4, 0.5) is 0 Å². The lowest BCUT2D eigenvalue weighted by molar-refractivity contribution is -0.120. The summed E-state index contributed by atoms with van der Waals surface area (Å²) in [7, 11) is 0. The SMILES string of the molecule is CCC(NCc1ccccc1CN1CCCC(C)C1)C(N)=O. The van der Waals surface area contributed by atoms with E-state index in [-0.39, 0.29) is 11.9 Å².